The first-order valence-corrected chi connectivity index (χ1v) is 11.9. The molecule has 1 amide bonds. The monoisotopic (exact) mass is 522 g/mol. The number of nitrogens with zero attached hydrogens (tertiary/aromatic N) is 2. The maximum absolute atomic E-state index is 14.4. The van der Waals surface area contributed by atoms with Crippen LogP contribution >= 0.6 is 11.3 Å². The summed E-state index contributed by atoms with van der Waals surface area (Å²) in [5, 5.41) is 11.3. The van der Waals surface area contributed by atoms with Crippen LogP contribution in [0.4, 0.5) is 13.9 Å². The van der Waals surface area contributed by atoms with Crippen LogP contribution in [0.15, 0.2) is 60.2 Å². The van der Waals surface area contributed by atoms with Crippen molar-refractivity contribution in [2.75, 3.05) is 19.1 Å². The largest absolute Gasteiger partial charge is 0.507 e. The number of rotatable bonds is 5. The summed E-state index contributed by atoms with van der Waals surface area (Å²) in [7, 11) is 2.90. The zero-order valence-electron chi connectivity index (χ0n) is 19.9. The molecule has 2 heterocycles. The summed E-state index contributed by atoms with van der Waals surface area (Å²) >= 11 is 0.873. The number of aliphatic hydroxyl groups excluding tert-OH is 1. The number of aromatic nitrogens is 1. The van der Waals surface area contributed by atoms with Crippen molar-refractivity contribution in [1.29, 1.82) is 0 Å². The van der Waals surface area contributed by atoms with Gasteiger partial charge in [0.1, 0.15) is 17.1 Å². The molecule has 1 N–H and O–H groups in total. The Bertz CT molecular complexity index is 1610. The number of thiazole rings is 1. The second kappa shape index (κ2) is 9.29. The van der Waals surface area contributed by atoms with Crippen LogP contribution < -0.4 is 14.4 Å². The maximum atomic E-state index is 14.4. The quantitative estimate of drug-likeness (QED) is 0.211. The molecule has 10 heteroatoms. The van der Waals surface area contributed by atoms with Crippen LogP contribution in [0.3, 0.4) is 0 Å². The predicted molar refractivity (Wildman–Crippen MR) is 135 cm³/mol. The average molecular weight is 523 g/mol. The normalized spacial score (nSPS) is 17.0. The number of Topliss-reactive ketones (excluding diaryl/α,β-unsaturated/α-hetero) is 1. The molecule has 1 aromatic heterocycles. The Balaban J connectivity index is 1.74. The Morgan fingerprint density at radius 3 is 2.49 bits per heavy atom. The number of hydrogen-bond acceptors (Lipinski definition) is 7. The van der Waals surface area contributed by atoms with Gasteiger partial charge in [0, 0.05) is 11.6 Å². The van der Waals surface area contributed by atoms with Crippen molar-refractivity contribution in [3.8, 4) is 11.5 Å². The summed E-state index contributed by atoms with van der Waals surface area (Å²) in [5.41, 5.74) is 1.32. The molecular formula is C27H20F2N2O5S. The van der Waals surface area contributed by atoms with Gasteiger partial charge in [0.2, 0.25) is 0 Å². The predicted octanol–water partition coefficient (Wildman–Crippen LogP) is 5.53. The molecule has 4 aromatic rings. The number of halogens is 2. The molecule has 0 saturated carbocycles. The number of methoxy groups -OCH3 is 2. The first-order valence-electron chi connectivity index (χ1n) is 11.1. The topological polar surface area (TPSA) is 89.0 Å². The minimum absolute atomic E-state index is 0.000493. The Hall–Kier alpha value is -4.31. The van der Waals surface area contributed by atoms with E-state index in [1.807, 2.05) is 13.0 Å². The van der Waals surface area contributed by atoms with E-state index in [2.05, 4.69) is 4.98 Å². The van der Waals surface area contributed by atoms with E-state index >= 15 is 0 Å². The van der Waals surface area contributed by atoms with Gasteiger partial charge >= 0.3 is 5.91 Å². The first kappa shape index (κ1) is 24.4. The van der Waals surface area contributed by atoms with Crippen LogP contribution in [0, 0.1) is 18.6 Å². The highest BCUT2D eigenvalue weighted by atomic mass is 32.1. The van der Waals surface area contributed by atoms with Crippen molar-refractivity contribution < 1.29 is 33.0 Å². The third-order valence-corrected chi connectivity index (χ3v) is 7.07. The zero-order valence-corrected chi connectivity index (χ0v) is 20.7. The van der Waals surface area contributed by atoms with E-state index in [0.29, 0.717) is 23.1 Å². The molecule has 7 nitrogen and oxygen atoms in total. The second-order valence-electron chi connectivity index (χ2n) is 8.38. The van der Waals surface area contributed by atoms with Gasteiger partial charge in [0.15, 0.2) is 22.4 Å². The number of carbonyl (C=O) groups excluding carboxylic acids is 2. The number of aliphatic hydroxyl groups is 1. The smallest absolute Gasteiger partial charge is 0.301 e. The zero-order chi connectivity index (χ0) is 26.4. The van der Waals surface area contributed by atoms with Crippen molar-refractivity contribution in [1.82, 2.24) is 4.98 Å². The summed E-state index contributed by atoms with van der Waals surface area (Å²) in [6, 6.07) is 12.4. The molecule has 1 unspecified atom stereocenters. The molecule has 1 aliphatic rings. The van der Waals surface area contributed by atoms with Gasteiger partial charge in [-0.3, -0.25) is 14.5 Å². The van der Waals surface area contributed by atoms with E-state index in [1.165, 1.54) is 26.4 Å². The maximum Gasteiger partial charge on any atom is 0.301 e. The Morgan fingerprint density at radius 2 is 1.78 bits per heavy atom. The van der Waals surface area contributed by atoms with Gasteiger partial charge in [-0.15, -0.1) is 0 Å². The van der Waals surface area contributed by atoms with E-state index in [1.54, 1.807) is 24.3 Å². The van der Waals surface area contributed by atoms with Crippen molar-refractivity contribution in [3.63, 3.8) is 0 Å². The average Bonchev–Trinajstić information content (AvgIpc) is 3.41. The summed E-state index contributed by atoms with van der Waals surface area (Å²) in [6.45, 7) is 1.85. The summed E-state index contributed by atoms with van der Waals surface area (Å²) in [5.74, 6) is -3.25. The number of ether oxygens (including phenoxy) is 2. The lowest BCUT2D eigenvalue weighted by atomic mass is 9.94. The molecule has 0 radical (unpaired) electrons. The molecule has 1 saturated heterocycles. The van der Waals surface area contributed by atoms with E-state index in [0.717, 1.165) is 27.9 Å². The van der Waals surface area contributed by atoms with Crippen LogP contribution in [-0.2, 0) is 9.59 Å². The Morgan fingerprint density at radius 1 is 1.03 bits per heavy atom. The van der Waals surface area contributed by atoms with Gasteiger partial charge < -0.3 is 14.6 Å². The van der Waals surface area contributed by atoms with Crippen molar-refractivity contribution in [2.24, 2.45) is 0 Å². The van der Waals surface area contributed by atoms with Gasteiger partial charge in [-0.25, -0.2) is 13.8 Å². The summed E-state index contributed by atoms with van der Waals surface area (Å²) in [6.07, 6.45) is 0. The minimum atomic E-state index is -1.07. The van der Waals surface area contributed by atoms with Crippen LogP contribution in [0.25, 0.3) is 16.0 Å². The minimum Gasteiger partial charge on any atom is -0.507 e. The lowest BCUT2D eigenvalue weighted by Gasteiger charge is -2.23. The Labute approximate surface area is 214 Å². The molecule has 0 spiro atoms. The van der Waals surface area contributed by atoms with Gasteiger partial charge in [-0.2, -0.15) is 0 Å². The number of aryl methyl sites for hydroxylation is 1. The molecule has 0 bridgehead atoms. The van der Waals surface area contributed by atoms with Gasteiger partial charge in [-0.05, 0) is 36.8 Å². The molecule has 1 fully saturated rings. The number of ketones is 1. The number of hydrogen-bond donors (Lipinski definition) is 1. The fourth-order valence-corrected chi connectivity index (χ4v) is 5.40. The molecule has 5 rings (SSSR count). The molecule has 37 heavy (non-hydrogen) atoms. The molecule has 0 aliphatic carbocycles. The number of anilines is 1. The van der Waals surface area contributed by atoms with E-state index in [-0.39, 0.29) is 26.5 Å². The van der Waals surface area contributed by atoms with Crippen molar-refractivity contribution in [2.45, 2.75) is 13.0 Å². The third kappa shape index (κ3) is 4.09. The van der Waals surface area contributed by atoms with E-state index < -0.39 is 35.1 Å². The van der Waals surface area contributed by atoms with Gasteiger partial charge in [0.25, 0.3) is 5.78 Å². The summed E-state index contributed by atoms with van der Waals surface area (Å²) < 4.78 is 39.0. The van der Waals surface area contributed by atoms with E-state index in [9.17, 15) is 23.5 Å². The highest BCUT2D eigenvalue weighted by molar-refractivity contribution is 7.22. The fourth-order valence-electron chi connectivity index (χ4n) is 4.37. The highest BCUT2D eigenvalue weighted by Crippen LogP contribution is 2.45. The molecular weight excluding hydrogens is 502 g/mol. The van der Waals surface area contributed by atoms with Gasteiger partial charge in [-0.1, -0.05) is 41.2 Å². The molecule has 1 aliphatic heterocycles. The van der Waals surface area contributed by atoms with Crippen LogP contribution in [0.1, 0.15) is 22.7 Å². The number of carbonyl (C=O) groups is 2. The molecule has 3 aromatic carbocycles. The molecule has 1 atom stereocenters. The van der Waals surface area contributed by atoms with Crippen molar-refractivity contribution in [3.05, 3.63) is 88.5 Å². The second-order valence-corrected chi connectivity index (χ2v) is 9.39. The third-order valence-electron chi connectivity index (χ3n) is 6.07. The summed E-state index contributed by atoms with van der Waals surface area (Å²) in [4.78, 5) is 32.1. The standard InChI is InChI=1S/C27H20F2N2O5S/c1-13-5-4-6-14(9-13)23-21(24(32)15-7-8-18(35-2)19(10-15)36-3)25(33)26(34)31(23)27-30-22-17(29)11-16(28)12-20(22)37-27/h4-12,23,32H,1-3H3/b24-21+. The SMILES string of the molecule is COc1ccc(/C(O)=C2\C(=O)C(=O)N(c3nc4c(F)cc(F)cc4s3)C2c2cccc(C)c2)cc1OC. The van der Waals surface area contributed by atoms with Crippen molar-refractivity contribution >= 4 is 44.1 Å². The number of benzene rings is 3. The number of amides is 1. The lowest BCUT2D eigenvalue weighted by Crippen LogP contribution is -2.29. The number of fused-ring (bicyclic) bond motifs is 1. The van der Waals surface area contributed by atoms with Gasteiger partial charge in [0.05, 0.1) is 30.5 Å². The van der Waals surface area contributed by atoms with Crippen LogP contribution in [0.2, 0.25) is 0 Å². The van der Waals surface area contributed by atoms with Crippen LogP contribution in [-0.4, -0.2) is 36.0 Å². The fraction of sp³-hybridized carbons (Fsp3) is 0.148. The molecule has 188 valence electrons. The van der Waals surface area contributed by atoms with E-state index in [4.69, 9.17) is 9.47 Å². The highest BCUT2D eigenvalue weighted by Gasteiger charge is 2.48. The lowest BCUT2D eigenvalue weighted by molar-refractivity contribution is -0.132. The Kier molecular flexibility index (Phi) is 6.12. The van der Waals surface area contributed by atoms with Crippen LogP contribution in [0.5, 0.6) is 11.5 Å². The first-order chi connectivity index (χ1) is 17.7.